The lowest BCUT2D eigenvalue weighted by molar-refractivity contribution is -0.127. The van der Waals surface area contributed by atoms with E-state index in [1.165, 1.54) is 0 Å². The standard InChI is InChI=1S/C19H22BrNO3/c1-13-4-9-18(17(20)10-13)24-14(2)19(22)21-11-15-5-7-16(8-6-15)12-23-3/h4-10,14H,11-12H2,1-3H3,(H,21,22)/t14-/m0/s1. The Morgan fingerprint density at radius 1 is 1.17 bits per heavy atom. The number of aryl methyl sites for hydroxylation is 1. The van der Waals surface area contributed by atoms with Gasteiger partial charge in [0.15, 0.2) is 6.10 Å². The zero-order chi connectivity index (χ0) is 17.5. The van der Waals surface area contributed by atoms with Crippen LogP contribution in [0.4, 0.5) is 0 Å². The van der Waals surface area contributed by atoms with E-state index in [2.05, 4.69) is 21.2 Å². The summed E-state index contributed by atoms with van der Waals surface area (Å²) in [5.41, 5.74) is 3.27. The summed E-state index contributed by atoms with van der Waals surface area (Å²) in [7, 11) is 1.67. The maximum Gasteiger partial charge on any atom is 0.261 e. The molecule has 1 N–H and O–H groups in total. The van der Waals surface area contributed by atoms with Gasteiger partial charge < -0.3 is 14.8 Å². The van der Waals surface area contributed by atoms with Crippen molar-refractivity contribution >= 4 is 21.8 Å². The molecule has 0 saturated heterocycles. The normalized spacial score (nSPS) is 11.8. The second-order valence-electron chi connectivity index (χ2n) is 5.66. The number of halogens is 1. The van der Waals surface area contributed by atoms with Crippen LogP contribution in [0.2, 0.25) is 0 Å². The maximum atomic E-state index is 12.2. The first-order chi connectivity index (χ1) is 11.5. The highest BCUT2D eigenvalue weighted by Gasteiger charge is 2.15. The van der Waals surface area contributed by atoms with Crippen molar-refractivity contribution in [2.45, 2.75) is 33.1 Å². The Bertz CT molecular complexity index is 686. The average Bonchev–Trinajstić information content (AvgIpc) is 2.56. The lowest BCUT2D eigenvalue weighted by Gasteiger charge is -2.16. The molecule has 2 rings (SSSR count). The van der Waals surface area contributed by atoms with E-state index >= 15 is 0 Å². The molecule has 0 spiro atoms. The minimum absolute atomic E-state index is 0.150. The lowest BCUT2D eigenvalue weighted by Crippen LogP contribution is -2.35. The fourth-order valence-electron chi connectivity index (χ4n) is 2.20. The molecule has 5 heteroatoms. The van der Waals surface area contributed by atoms with Crippen molar-refractivity contribution in [3.8, 4) is 5.75 Å². The zero-order valence-electron chi connectivity index (χ0n) is 14.1. The molecule has 4 nitrogen and oxygen atoms in total. The van der Waals surface area contributed by atoms with Gasteiger partial charge in [-0.25, -0.2) is 0 Å². The Hall–Kier alpha value is -1.85. The predicted molar refractivity (Wildman–Crippen MR) is 98.0 cm³/mol. The summed E-state index contributed by atoms with van der Waals surface area (Å²) in [6, 6.07) is 13.7. The molecule has 0 saturated carbocycles. The summed E-state index contributed by atoms with van der Waals surface area (Å²) in [6.45, 7) is 4.80. The maximum absolute atomic E-state index is 12.2. The molecular weight excluding hydrogens is 370 g/mol. The fraction of sp³-hybridized carbons (Fsp3) is 0.316. The van der Waals surface area contributed by atoms with Crippen LogP contribution in [0, 0.1) is 6.92 Å². The Balaban J connectivity index is 1.87. The molecule has 0 heterocycles. The van der Waals surface area contributed by atoms with Crippen LogP contribution in [0.25, 0.3) is 0 Å². The van der Waals surface area contributed by atoms with E-state index < -0.39 is 6.10 Å². The minimum Gasteiger partial charge on any atom is -0.480 e. The number of nitrogens with one attached hydrogen (secondary N) is 1. The van der Waals surface area contributed by atoms with Crippen LogP contribution in [-0.2, 0) is 22.7 Å². The number of methoxy groups -OCH3 is 1. The highest BCUT2D eigenvalue weighted by molar-refractivity contribution is 9.10. The molecule has 0 aromatic heterocycles. The highest BCUT2D eigenvalue weighted by atomic mass is 79.9. The summed E-state index contributed by atoms with van der Waals surface area (Å²) in [6.07, 6.45) is -0.572. The van der Waals surface area contributed by atoms with E-state index in [9.17, 15) is 4.79 Å². The number of amides is 1. The largest absolute Gasteiger partial charge is 0.480 e. The molecule has 2 aromatic rings. The van der Waals surface area contributed by atoms with Gasteiger partial charge in [0, 0.05) is 13.7 Å². The van der Waals surface area contributed by atoms with E-state index in [1.807, 2.05) is 49.4 Å². The van der Waals surface area contributed by atoms with Crippen molar-refractivity contribution in [3.05, 3.63) is 63.6 Å². The van der Waals surface area contributed by atoms with E-state index in [0.29, 0.717) is 18.9 Å². The van der Waals surface area contributed by atoms with E-state index in [-0.39, 0.29) is 5.91 Å². The second kappa shape index (κ2) is 8.85. The molecule has 24 heavy (non-hydrogen) atoms. The van der Waals surface area contributed by atoms with Gasteiger partial charge >= 0.3 is 0 Å². The molecular formula is C19H22BrNO3. The van der Waals surface area contributed by atoms with Crippen molar-refractivity contribution in [2.75, 3.05) is 7.11 Å². The van der Waals surface area contributed by atoms with Crippen LogP contribution >= 0.6 is 15.9 Å². The Morgan fingerprint density at radius 2 is 1.83 bits per heavy atom. The van der Waals surface area contributed by atoms with Gasteiger partial charge in [-0.05, 0) is 58.6 Å². The van der Waals surface area contributed by atoms with Gasteiger partial charge in [-0.2, -0.15) is 0 Å². The van der Waals surface area contributed by atoms with Gasteiger partial charge in [-0.1, -0.05) is 30.3 Å². The first-order valence-electron chi connectivity index (χ1n) is 7.77. The molecule has 1 atom stereocenters. The van der Waals surface area contributed by atoms with Crippen LogP contribution in [0.3, 0.4) is 0 Å². The van der Waals surface area contributed by atoms with Crippen LogP contribution in [0.1, 0.15) is 23.6 Å². The number of hydrogen-bond donors (Lipinski definition) is 1. The fourth-order valence-corrected chi connectivity index (χ4v) is 2.79. The first kappa shape index (κ1) is 18.5. The van der Waals surface area contributed by atoms with Gasteiger partial charge in [0.25, 0.3) is 5.91 Å². The third-order valence-electron chi connectivity index (χ3n) is 3.56. The molecule has 0 radical (unpaired) electrons. The van der Waals surface area contributed by atoms with Crippen LogP contribution in [-0.4, -0.2) is 19.1 Å². The zero-order valence-corrected chi connectivity index (χ0v) is 15.7. The summed E-state index contributed by atoms with van der Waals surface area (Å²) in [5, 5.41) is 2.89. The van der Waals surface area contributed by atoms with Crippen LogP contribution < -0.4 is 10.1 Å². The van der Waals surface area contributed by atoms with Crippen molar-refractivity contribution < 1.29 is 14.3 Å². The van der Waals surface area contributed by atoms with Crippen LogP contribution in [0.15, 0.2) is 46.9 Å². The SMILES string of the molecule is COCc1ccc(CNC(=O)[C@H](C)Oc2ccc(C)cc2Br)cc1. The number of carbonyl (C=O) groups excluding carboxylic acids is 1. The van der Waals surface area contributed by atoms with Crippen molar-refractivity contribution in [1.29, 1.82) is 0 Å². The van der Waals surface area contributed by atoms with E-state index in [4.69, 9.17) is 9.47 Å². The molecule has 0 aliphatic carbocycles. The minimum atomic E-state index is -0.572. The molecule has 0 bridgehead atoms. The lowest BCUT2D eigenvalue weighted by atomic mass is 10.1. The monoisotopic (exact) mass is 391 g/mol. The van der Waals surface area contributed by atoms with Gasteiger partial charge in [-0.3, -0.25) is 4.79 Å². The molecule has 128 valence electrons. The number of carbonyl (C=O) groups is 1. The van der Waals surface area contributed by atoms with E-state index in [1.54, 1.807) is 14.0 Å². The average molecular weight is 392 g/mol. The van der Waals surface area contributed by atoms with Crippen molar-refractivity contribution in [2.24, 2.45) is 0 Å². The van der Waals surface area contributed by atoms with Gasteiger partial charge in [-0.15, -0.1) is 0 Å². The quantitative estimate of drug-likeness (QED) is 0.775. The van der Waals surface area contributed by atoms with Crippen molar-refractivity contribution in [3.63, 3.8) is 0 Å². The highest BCUT2D eigenvalue weighted by Crippen LogP contribution is 2.26. The van der Waals surface area contributed by atoms with Crippen LogP contribution in [0.5, 0.6) is 5.75 Å². The van der Waals surface area contributed by atoms with Gasteiger partial charge in [0.05, 0.1) is 11.1 Å². The Labute approximate surface area is 151 Å². The molecule has 0 fully saturated rings. The van der Waals surface area contributed by atoms with Gasteiger partial charge in [0.1, 0.15) is 5.75 Å². The summed E-state index contributed by atoms with van der Waals surface area (Å²) in [5.74, 6) is 0.510. The first-order valence-corrected chi connectivity index (χ1v) is 8.56. The molecule has 1 amide bonds. The summed E-state index contributed by atoms with van der Waals surface area (Å²) < 4.78 is 11.7. The third kappa shape index (κ3) is 5.35. The van der Waals surface area contributed by atoms with E-state index in [0.717, 1.165) is 21.2 Å². The summed E-state index contributed by atoms with van der Waals surface area (Å²) >= 11 is 3.45. The van der Waals surface area contributed by atoms with Gasteiger partial charge in [0.2, 0.25) is 0 Å². The summed E-state index contributed by atoms with van der Waals surface area (Å²) in [4.78, 5) is 12.2. The Kier molecular flexibility index (Phi) is 6.82. The number of benzene rings is 2. The van der Waals surface area contributed by atoms with Crippen molar-refractivity contribution in [1.82, 2.24) is 5.32 Å². The molecule has 0 aliphatic heterocycles. The molecule has 2 aromatic carbocycles. The topological polar surface area (TPSA) is 47.6 Å². The molecule has 0 unspecified atom stereocenters. The smallest absolute Gasteiger partial charge is 0.261 e. The number of rotatable bonds is 7. The predicted octanol–water partition coefficient (Wildman–Crippen LogP) is 3.99. The Morgan fingerprint density at radius 3 is 2.46 bits per heavy atom. The second-order valence-corrected chi connectivity index (χ2v) is 6.52. The number of hydrogen-bond acceptors (Lipinski definition) is 3. The molecule has 0 aliphatic rings. The number of ether oxygens (including phenoxy) is 2. The third-order valence-corrected chi connectivity index (χ3v) is 4.18.